The van der Waals surface area contributed by atoms with E-state index in [0.29, 0.717) is 16.9 Å². The number of nitrogens with one attached hydrogen (secondary N) is 1. The van der Waals surface area contributed by atoms with E-state index in [1.807, 2.05) is 19.1 Å². The van der Waals surface area contributed by atoms with Gasteiger partial charge in [-0.25, -0.2) is 4.68 Å². The normalized spacial score (nSPS) is 10.5. The SMILES string of the molecule is CCc1ccc(NC(=O)Cn2nc(-c3ccc([N+](=O)[O-])cc3)ccc2=O)cc1. The minimum atomic E-state index is -0.491. The molecule has 1 amide bonds. The molecule has 0 fully saturated rings. The number of hydrogen-bond donors (Lipinski definition) is 1. The van der Waals surface area contributed by atoms with Crippen LogP contribution in [0.4, 0.5) is 11.4 Å². The van der Waals surface area contributed by atoms with Crippen molar-refractivity contribution < 1.29 is 9.72 Å². The fourth-order valence-corrected chi connectivity index (χ4v) is 2.63. The Morgan fingerprint density at radius 2 is 1.75 bits per heavy atom. The third kappa shape index (κ3) is 4.47. The molecule has 28 heavy (non-hydrogen) atoms. The highest BCUT2D eigenvalue weighted by Gasteiger charge is 2.10. The number of non-ortho nitro benzene ring substituents is 1. The highest BCUT2D eigenvalue weighted by atomic mass is 16.6. The van der Waals surface area contributed by atoms with E-state index >= 15 is 0 Å². The summed E-state index contributed by atoms with van der Waals surface area (Å²) in [5.41, 5.74) is 2.39. The van der Waals surface area contributed by atoms with Gasteiger partial charge in [0.2, 0.25) is 5.91 Å². The zero-order chi connectivity index (χ0) is 20.1. The second kappa shape index (κ2) is 8.26. The summed E-state index contributed by atoms with van der Waals surface area (Å²) in [6.45, 7) is 1.80. The second-order valence-electron chi connectivity index (χ2n) is 6.12. The Kier molecular flexibility index (Phi) is 5.59. The molecule has 0 bridgehead atoms. The maximum absolute atomic E-state index is 12.3. The third-order valence-corrected chi connectivity index (χ3v) is 4.18. The Morgan fingerprint density at radius 3 is 2.36 bits per heavy atom. The smallest absolute Gasteiger partial charge is 0.269 e. The van der Waals surface area contributed by atoms with E-state index in [-0.39, 0.29) is 18.1 Å². The number of nitro groups is 1. The van der Waals surface area contributed by atoms with E-state index in [9.17, 15) is 19.7 Å². The average molecular weight is 378 g/mol. The second-order valence-corrected chi connectivity index (χ2v) is 6.12. The van der Waals surface area contributed by atoms with Gasteiger partial charge >= 0.3 is 0 Å². The summed E-state index contributed by atoms with van der Waals surface area (Å²) in [5, 5.41) is 17.7. The lowest BCUT2D eigenvalue weighted by Crippen LogP contribution is -2.29. The van der Waals surface area contributed by atoms with Crippen LogP contribution in [0.2, 0.25) is 0 Å². The molecule has 1 heterocycles. The monoisotopic (exact) mass is 378 g/mol. The van der Waals surface area contributed by atoms with Gasteiger partial charge in [0.15, 0.2) is 0 Å². The summed E-state index contributed by atoms with van der Waals surface area (Å²) in [6.07, 6.45) is 0.906. The van der Waals surface area contributed by atoms with Crippen LogP contribution in [0.1, 0.15) is 12.5 Å². The molecule has 8 nitrogen and oxygen atoms in total. The van der Waals surface area contributed by atoms with Crippen LogP contribution in [0.15, 0.2) is 65.5 Å². The maximum atomic E-state index is 12.3. The molecule has 2 aromatic carbocycles. The van der Waals surface area contributed by atoms with Gasteiger partial charge < -0.3 is 5.32 Å². The van der Waals surface area contributed by atoms with E-state index in [0.717, 1.165) is 16.7 Å². The number of carbonyl (C=O) groups is 1. The number of amides is 1. The Balaban J connectivity index is 1.76. The molecule has 0 saturated heterocycles. The molecule has 8 heteroatoms. The van der Waals surface area contributed by atoms with Gasteiger partial charge in [0.25, 0.3) is 11.2 Å². The van der Waals surface area contributed by atoms with Gasteiger partial charge in [-0.2, -0.15) is 5.10 Å². The first-order valence-electron chi connectivity index (χ1n) is 8.68. The summed E-state index contributed by atoms with van der Waals surface area (Å²) in [4.78, 5) is 34.6. The molecular formula is C20H18N4O4. The fourth-order valence-electron chi connectivity index (χ4n) is 2.63. The van der Waals surface area contributed by atoms with Gasteiger partial charge in [0.1, 0.15) is 6.54 Å². The number of benzene rings is 2. The van der Waals surface area contributed by atoms with E-state index in [1.165, 1.54) is 24.3 Å². The van der Waals surface area contributed by atoms with E-state index in [1.54, 1.807) is 24.3 Å². The van der Waals surface area contributed by atoms with Crippen LogP contribution in [0.5, 0.6) is 0 Å². The fraction of sp³-hybridized carbons (Fsp3) is 0.150. The Labute approximate surface area is 160 Å². The largest absolute Gasteiger partial charge is 0.324 e. The van der Waals surface area contributed by atoms with Crippen molar-refractivity contribution in [3.63, 3.8) is 0 Å². The predicted molar refractivity (Wildman–Crippen MR) is 105 cm³/mol. The van der Waals surface area contributed by atoms with E-state index < -0.39 is 10.5 Å². The molecule has 0 spiro atoms. The van der Waals surface area contributed by atoms with Crippen molar-refractivity contribution in [2.45, 2.75) is 19.9 Å². The molecule has 0 saturated carbocycles. The predicted octanol–water partition coefficient (Wildman–Crippen LogP) is 3.02. The van der Waals surface area contributed by atoms with Crippen molar-refractivity contribution in [3.8, 4) is 11.3 Å². The van der Waals surface area contributed by atoms with Crippen molar-refractivity contribution in [2.75, 3.05) is 5.32 Å². The number of hydrogen-bond acceptors (Lipinski definition) is 5. The molecular weight excluding hydrogens is 360 g/mol. The van der Waals surface area contributed by atoms with Gasteiger partial charge in [0.05, 0.1) is 10.6 Å². The van der Waals surface area contributed by atoms with Crippen molar-refractivity contribution in [1.29, 1.82) is 0 Å². The van der Waals surface area contributed by atoms with Crippen LogP contribution in [0, 0.1) is 10.1 Å². The minimum Gasteiger partial charge on any atom is -0.324 e. The first-order valence-corrected chi connectivity index (χ1v) is 8.68. The first-order chi connectivity index (χ1) is 13.5. The topological polar surface area (TPSA) is 107 Å². The molecule has 0 aliphatic heterocycles. The lowest BCUT2D eigenvalue weighted by molar-refractivity contribution is -0.384. The summed E-state index contributed by atoms with van der Waals surface area (Å²) >= 11 is 0. The summed E-state index contributed by atoms with van der Waals surface area (Å²) in [6, 6.07) is 16.1. The number of anilines is 1. The molecule has 1 aromatic heterocycles. The maximum Gasteiger partial charge on any atom is 0.269 e. The highest BCUT2D eigenvalue weighted by molar-refractivity contribution is 5.90. The summed E-state index contributed by atoms with van der Waals surface area (Å²) < 4.78 is 1.06. The first kappa shape index (κ1) is 19.0. The van der Waals surface area contributed by atoms with Crippen molar-refractivity contribution in [1.82, 2.24) is 9.78 Å². The minimum absolute atomic E-state index is 0.0365. The lowest BCUT2D eigenvalue weighted by Gasteiger charge is -2.09. The van der Waals surface area contributed by atoms with Crippen LogP contribution in [-0.2, 0) is 17.8 Å². The lowest BCUT2D eigenvalue weighted by atomic mass is 10.1. The number of rotatable bonds is 6. The molecule has 0 aliphatic carbocycles. The third-order valence-electron chi connectivity index (χ3n) is 4.18. The zero-order valence-corrected chi connectivity index (χ0v) is 15.2. The average Bonchev–Trinajstić information content (AvgIpc) is 2.70. The molecule has 0 unspecified atom stereocenters. The number of aryl methyl sites for hydroxylation is 1. The van der Waals surface area contributed by atoms with Crippen LogP contribution in [-0.4, -0.2) is 20.6 Å². The standard InChI is InChI=1S/C20H18N4O4/c1-2-14-3-7-16(8-4-14)21-19(25)13-23-20(26)12-11-18(22-23)15-5-9-17(10-6-15)24(27)28/h3-12H,2,13H2,1H3,(H,21,25). The van der Waals surface area contributed by atoms with Crippen LogP contribution < -0.4 is 10.9 Å². The number of nitro benzene ring substituents is 1. The van der Waals surface area contributed by atoms with Gasteiger partial charge in [-0.1, -0.05) is 19.1 Å². The van der Waals surface area contributed by atoms with Gasteiger partial charge in [0, 0.05) is 29.4 Å². The van der Waals surface area contributed by atoms with Crippen LogP contribution >= 0.6 is 0 Å². The zero-order valence-electron chi connectivity index (χ0n) is 15.2. The van der Waals surface area contributed by atoms with Crippen molar-refractivity contribution in [2.24, 2.45) is 0 Å². The Bertz CT molecular complexity index is 1060. The van der Waals surface area contributed by atoms with Gasteiger partial charge in [-0.05, 0) is 42.3 Å². The van der Waals surface area contributed by atoms with E-state index in [4.69, 9.17) is 0 Å². The summed E-state index contributed by atoms with van der Waals surface area (Å²) in [7, 11) is 0. The molecule has 0 atom stereocenters. The number of nitrogens with zero attached hydrogens (tertiary/aromatic N) is 3. The molecule has 0 aliphatic rings. The highest BCUT2D eigenvalue weighted by Crippen LogP contribution is 2.19. The van der Waals surface area contributed by atoms with Gasteiger partial charge in [-0.3, -0.25) is 19.7 Å². The van der Waals surface area contributed by atoms with E-state index in [2.05, 4.69) is 10.4 Å². The van der Waals surface area contributed by atoms with Crippen LogP contribution in [0.3, 0.4) is 0 Å². The molecule has 0 radical (unpaired) electrons. The Hall–Kier alpha value is -3.81. The molecule has 3 rings (SSSR count). The molecule has 142 valence electrons. The number of aromatic nitrogens is 2. The number of carbonyl (C=O) groups excluding carboxylic acids is 1. The molecule has 3 aromatic rings. The van der Waals surface area contributed by atoms with Crippen molar-refractivity contribution >= 4 is 17.3 Å². The summed E-state index contributed by atoms with van der Waals surface area (Å²) in [5.74, 6) is -0.375. The molecule has 1 N–H and O–H groups in total. The van der Waals surface area contributed by atoms with Crippen LogP contribution in [0.25, 0.3) is 11.3 Å². The van der Waals surface area contributed by atoms with Crippen molar-refractivity contribution in [3.05, 3.63) is 86.7 Å². The Morgan fingerprint density at radius 1 is 1.07 bits per heavy atom. The quantitative estimate of drug-likeness (QED) is 0.524. The van der Waals surface area contributed by atoms with Gasteiger partial charge in [-0.15, -0.1) is 0 Å².